The molecule has 23 heteroatoms. The first-order valence-electron chi connectivity index (χ1n) is 21.1. The minimum atomic E-state index is -0.487. The third-order valence-corrected chi connectivity index (χ3v) is 11.2. The van der Waals surface area contributed by atoms with E-state index in [0.29, 0.717) is 80.7 Å². The molecule has 0 fully saturated rings. The first-order valence-corrected chi connectivity index (χ1v) is 22.6. The van der Waals surface area contributed by atoms with E-state index in [2.05, 4.69) is 29.3 Å². The molecule has 0 aliphatic carbocycles. The summed E-state index contributed by atoms with van der Waals surface area (Å²) in [5.74, 6) is 1.68. The van der Waals surface area contributed by atoms with Crippen molar-refractivity contribution in [2.45, 2.75) is 53.1 Å². The fourth-order valence-corrected chi connectivity index (χ4v) is 7.31. The molecule has 3 atom stereocenters. The fraction of sp³-hybridized carbons (Fsp3) is 0.304. The third kappa shape index (κ3) is 13.8. The Balaban J connectivity index is 0.000000189. The molecule has 20 nitrogen and oxygen atoms in total. The van der Waals surface area contributed by atoms with Crippen LogP contribution in [0.5, 0.6) is 40.2 Å². The summed E-state index contributed by atoms with van der Waals surface area (Å²) in [4.78, 5) is 60.3. The lowest BCUT2D eigenvalue weighted by atomic mass is 10.1. The molecule has 0 bridgehead atoms. The number of hydrogen-bond donors (Lipinski definition) is 5. The molecule has 69 heavy (non-hydrogen) atoms. The monoisotopic (exact) mass is 988 g/mol. The molecule has 0 saturated heterocycles. The Kier molecular flexibility index (Phi) is 17.0. The number of aliphatic hydroxyl groups excluding tert-OH is 2. The second kappa shape index (κ2) is 23.0. The Morgan fingerprint density at radius 2 is 1.32 bits per heavy atom. The number of carbonyl (C=O) groups is 4. The number of benzene rings is 4. The van der Waals surface area contributed by atoms with E-state index in [9.17, 15) is 33.8 Å². The van der Waals surface area contributed by atoms with Crippen LogP contribution in [0.3, 0.4) is 0 Å². The van der Waals surface area contributed by atoms with Crippen molar-refractivity contribution in [3.63, 3.8) is 0 Å². The Bertz CT molecular complexity index is 2810. The Morgan fingerprint density at radius 1 is 0.768 bits per heavy atom. The van der Waals surface area contributed by atoms with Gasteiger partial charge in [-0.2, -0.15) is 8.75 Å². The van der Waals surface area contributed by atoms with E-state index in [1.54, 1.807) is 90.0 Å². The maximum atomic E-state index is 12.8. The van der Waals surface area contributed by atoms with Crippen LogP contribution in [0, 0.1) is 19.7 Å². The van der Waals surface area contributed by atoms with Gasteiger partial charge in [0, 0.05) is 72.6 Å². The van der Waals surface area contributed by atoms with E-state index in [4.69, 9.17) is 28.8 Å². The zero-order valence-electron chi connectivity index (χ0n) is 38.4. The molecule has 364 valence electrons. The molecule has 2 aromatic heterocycles. The van der Waals surface area contributed by atoms with E-state index >= 15 is 0 Å². The highest BCUT2D eigenvalue weighted by Crippen LogP contribution is 2.35. The van der Waals surface area contributed by atoms with Crippen molar-refractivity contribution in [3.8, 4) is 40.2 Å². The molecule has 4 aromatic carbocycles. The zero-order chi connectivity index (χ0) is 49.9. The largest absolute Gasteiger partial charge is 0.508 e. The van der Waals surface area contributed by atoms with Crippen molar-refractivity contribution in [2.75, 3.05) is 51.1 Å². The van der Waals surface area contributed by atoms with Crippen LogP contribution >= 0.6 is 23.1 Å². The van der Waals surface area contributed by atoms with Gasteiger partial charge in [0.1, 0.15) is 76.5 Å². The molecule has 0 saturated carbocycles. The number of nitrogens with one attached hydrogen (secondary N) is 2. The van der Waals surface area contributed by atoms with Crippen molar-refractivity contribution < 1.29 is 62.6 Å². The molecular weight excluding hydrogens is 940 g/mol. The van der Waals surface area contributed by atoms with E-state index in [1.165, 1.54) is 41.3 Å². The number of likely N-dealkylation sites (N-methyl/N-ethyl adjacent to an activating group) is 1. The topological polar surface area (TPSA) is 257 Å². The maximum absolute atomic E-state index is 12.8. The number of rotatable bonds is 12. The van der Waals surface area contributed by atoms with Crippen molar-refractivity contribution in [3.05, 3.63) is 113 Å². The van der Waals surface area contributed by atoms with E-state index in [1.807, 2.05) is 0 Å². The molecule has 5 N–H and O–H groups in total. The minimum absolute atomic E-state index is 0.101. The molecule has 2 aliphatic rings. The number of anilines is 2. The number of aryl methyl sites for hydroxylation is 2. The molecule has 6 aromatic rings. The first kappa shape index (κ1) is 50.9. The highest BCUT2D eigenvalue weighted by molar-refractivity contribution is 7.10. The number of halogens is 1. The Morgan fingerprint density at radius 3 is 1.90 bits per heavy atom. The van der Waals surface area contributed by atoms with Gasteiger partial charge in [0.2, 0.25) is 10.3 Å². The summed E-state index contributed by atoms with van der Waals surface area (Å²) in [5, 5.41) is 34.0. The number of carbonyl (C=O) groups excluding carboxylic acids is 4. The quantitative estimate of drug-likeness (QED) is 0.0899. The van der Waals surface area contributed by atoms with Gasteiger partial charge in [-0.05, 0) is 83.1 Å². The van der Waals surface area contributed by atoms with Crippen molar-refractivity contribution in [2.24, 2.45) is 0 Å². The highest BCUT2D eigenvalue weighted by Gasteiger charge is 2.29. The van der Waals surface area contributed by atoms with Gasteiger partial charge in [0.05, 0.1) is 30.9 Å². The summed E-state index contributed by atoms with van der Waals surface area (Å²) in [6.07, 6.45) is -1.33. The van der Waals surface area contributed by atoms with Gasteiger partial charge in [-0.25, -0.2) is 14.4 Å². The summed E-state index contributed by atoms with van der Waals surface area (Å²) < 4.78 is 49.0. The number of fused-ring (bicyclic) bond motifs is 2. The number of aromatic nitrogens is 4. The van der Waals surface area contributed by atoms with Crippen LogP contribution in [0.4, 0.5) is 14.7 Å². The second-order valence-corrected chi connectivity index (χ2v) is 16.9. The summed E-state index contributed by atoms with van der Waals surface area (Å²) in [7, 11) is 3.37. The summed E-state index contributed by atoms with van der Waals surface area (Å²) in [5.41, 5.74) is 1.36. The lowest BCUT2D eigenvalue weighted by Gasteiger charge is -2.31. The number of ether oxygens (including phenoxy) is 5. The molecule has 4 heterocycles. The lowest BCUT2D eigenvalue weighted by molar-refractivity contribution is 0.0293. The SMILES string of the molecule is CN1CCOc2cc(F)ccc2C1=O.Cc1nsc(NC(=O)c2cc(O)cc(O[C@@H](C)CO)c2)n1.Cc1nsc(NC(=O)c2cc(Oc3ccc4c(c3)OC(C)N(C)C4=O)cc(O[C@@H](C)CO)c2)n1. The van der Waals surface area contributed by atoms with Gasteiger partial charge in [-0.1, -0.05) is 0 Å². The molecule has 2 aliphatic heterocycles. The average molecular weight is 989 g/mol. The zero-order valence-corrected chi connectivity index (χ0v) is 40.0. The normalized spacial score (nSPS) is 14.7. The standard InChI is InChI=1S/C23H24N4O6S.C13H15N3O4S.C10H10FNO2/c1-12(11-28)31-17-7-15(21(29)25-23-24-13(2)26-34-23)8-18(9-17)33-16-5-6-19-20(10-16)32-14(3)27(4)22(19)30;1-7(6-17)20-11-4-9(3-10(18)5-11)12(19)15-13-14-8(2)16-21-13;1-12-4-5-14-9-6-7(11)2-3-8(9)10(12)13/h5-10,12,14,28H,11H2,1-4H3,(H,24,25,26,29);3-5,7,17-18H,6H2,1-2H3,(H,14,15,16,19);2-3,6H,4-5H2,1H3/t12-,14?;7-;/m00./s1. The van der Waals surface area contributed by atoms with Crippen LogP contribution in [0.1, 0.15) is 73.9 Å². The highest BCUT2D eigenvalue weighted by atomic mass is 32.1. The van der Waals surface area contributed by atoms with Gasteiger partial charge < -0.3 is 48.8 Å². The molecular formula is C46H49FN8O12S2. The first-order chi connectivity index (χ1) is 32.9. The van der Waals surface area contributed by atoms with Crippen LogP contribution in [-0.2, 0) is 0 Å². The van der Waals surface area contributed by atoms with Gasteiger partial charge in [0.25, 0.3) is 23.6 Å². The van der Waals surface area contributed by atoms with Crippen LogP contribution in [0.2, 0.25) is 0 Å². The van der Waals surface area contributed by atoms with Gasteiger partial charge in [-0.3, -0.25) is 29.8 Å². The van der Waals surface area contributed by atoms with Crippen molar-refractivity contribution in [1.29, 1.82) is 0 Å². The summed E-state index contributed by atoms with van der Waals surface area (Å²) in [6, 6.07) is 17.8. The number of aliphatic hydroxyl groups is 2. The van der Waals surface area contributed by atoms with Crippen LogP contribution < -0.4 is 34.3 Å². The van der Waals surface area contributed by atoms with Crippen molar-refractivity contribution >= 4 is 57.0 Å². The fourth-order valence-electron chi connectivity index (χ4n) is 6.17. The van der Waals surface area contributed by atoms with Gasteiger partial charge >= 0.3 is 0 Å². The van der Waals surface area contributed by atoms with E-state index in [0.717, 1.165) is 23.1 Å². The molecule has 4 amide bonds. The number of nitrogens with zero attached hydrogens (tertiary/aromatic N) is 6. The molecule has 0 spiro atoms. The van der Waals surface area contributed by atoms with Crippen LogP contribution in [0.15, 0.2) is 72.8 Å². The van der Waals surface area contributed by atoms with E-state index in [-0.39, 0.29) is 47.7 Å². The summed E-state index contributed by atoms with van der Waals surface area (Å²) >= 11 is 2.15. The Labute approximate surface area is 403 Å². The third-order valence-electron chi connectivity index (χ3n) is 9.77. The average Bonchev–Trinajstić information content (AvgIpc) is 3.89. The molecule has 8 rings (SSSR count). The second-order valence-electron chi connectivity index (χ2n) is 15.4. The number of hydrogen-bond acceptors (Lipinski definition) is 18. The van der Waals surface area contributed by atoms with Crippen LogP contribution in [0.25, 0.3) is 0 Å². The minimum Gasteiger partial charge on any atom is -0.508 e. The van der Waals surface area contributed by atoms with Crippen molar-refractivity contribution in [1.82, 2.24) is 28.5 Å². The predicted octanol–water partition coefficient (Wildman–Crippen LogP) is 6.32. The Hall–Kier alpha value is -7.47. The number of aromatic hydroxyl groups is 1. The van der Waals surface area contributed by atoms with Crippen LogP contribution in [-0.4, -0.2) is 126 Å². The number of phenolic OH excluding ortho intramolecular Hbond substituents is 1. The number of phenols is 1. The van der Waals surface area contributed by atoms with Gasteiger partial charge in [-0.15, -0.1) is 0 Å². The van der Waals surface area contributed by atoms with E-state index < -0.39 is 30.3 Å². The maximum Gasteiger partial charge on any atom is 0.260 e. The number of amides is 4. The molecule has 1 unspecified atom stereocenters. The van der Waals surface area contributed by atoms with Gasteiger partial charge in [0.15, 0.2) is 6.23 Å². The molecule has 0 radical (unpaired) electrons. The smallest absolute Gasteiger partial charge is 0.260 e. The predicted molar refractivity (Wildman–Crippen MR) is 252 cm³/mol. The lowest BCUT2D eigenvalue weighted by Crippen LogP contribution is -2.42. The summed E-state index contributed by atoms with van der Waals surface area (Å²) in [6.45, 7) is 9.18.